The van der Waals surface area contributed by atoms with Crippen molar-refractivity contribution in [3.8, 4) is 0 Å². The van der Waals surface area contributed by atoms with Crippen molar-refractivity contribution in [2.75, 3.05) is 31.9 Å². The Balaban J connectivity index is 1.39. The second kappa shape index (κ2) is 8.09. The van der Waals surface area contributed by atoms with E-state index in [1.165, 1.54) is 20.7 Å². The van der Waals surface area contributed by atoms with Crippen molar-refractivity contribution in [3.63, 3.8) is 0 Å². The Bertz CT molecular complexity index is 1140. The lowest BCUT2D eigenvalue weighted by molar-refractivity contribution is -0.129. The van der Waals surface area contributed by atoms with Crippen LogP contribution in [0.4, 0.5) is 0 Å². The highest BCUT2D eigenvalue weighted by molar-refractivity contribution is 7.99. The number of aromatic nitrogens is 4. The number of benzene rings is 2. The molecule has 29 heavy (non-hydrogen) atoms. The summed E-state index contributed by atoms with van der Waals surface area (Å²) in [7, 11) is -1.88. The maximum atomic E-state index is 13.0. The third-order valence-corrected chi connectivity index (χ3v) is 7.75. The molecule has 0 bridgehead atoms. The number of tetrazole rings is 1. The van der Waals surface area contributed by atoms with Gasteiger partial charge in [-0.25, -0.2) is 13.1 Å². The number of aryl methyl sites for hydroxylation is 1. The predicted octanol–water partition coefficient (Wildman–Crippen LogP) is 0.988. The van der Waals surface area contributed by atoms with E-state index < -0.39 is 10.0 Å². The van der Waals surface area contributed by atoms with Gasteiger partial charge in [0.15, 0.2) is 0 Å². The number of hydrogen-bond donors (Lipinski definition) is 0. The number of sulfonamides is 1. The lowest BCUT2D eigenvalue weighted by atomic mass is 10.1. The number of rotatable bonds is 5. The number of thioether (sulfide) groups is 1. The molecule has 0 aliphatic carbocycles. The summed E-state index contributed by atoms with van der Waals surface area (Å²) < 4.78 is 29.0. The Kier molecular flexibility index (Phi) is 5.52. The van der Waals surface area contributed by atoms with E-state index in [1.807, 2.05) is 30.3 Å². The largest absolute Gasteiger partial charge is 0.339 e. The molecule has 0 saturated carbocycles. The minimum atomic E-state index is -3.60. The molecule has 152 valence electrons. The molecular formula is C18H20N6O3S2. The van der Waals surface area contributed by atoms with Gasteiger partial charge >= 0.3 is 0 Å². The van der Waals surface area contributed by atoms with Crippen LogP contribution in [-0.2, 0) is 21.9 Å². The number of piperazine rings is 1. The van der Waals surface area contributed by atoms with E-state index in [-0.39, 0.29) is 29.6 Å². The average molecular weight is 433 g/mol. The van der Waals surface area contributed by atoms with Crippen LogP contribution in [0.5, 0.6) is 0 Å². The minimum Gasteiger partial charge on any atom is -0.339 e. The van der Waals surface area contributed by atoms with Gasteiger partial charge in [-0.2, -0.15) is 4.31 Å². The van der Waals surface area contributed by atoms with E-state index in [0.717, 1.165) is 10.8 Å². The first-order valence-electron chi connectivity index (χ1n) is 9.07. The van der Waals surface area contributed by atoms with Crippen LogP contribution in [0.25, 0.3) is 10.8 Å². The van der Waals surface area contributed by atoms with E-state index in [0.29, 0.717) is 18.2 Å². The summed E-state index contributed by atoms with van der Waals surface area (Å²) in [6.45, 7) is 1.28. The molecule has 1 aliphatic rings. The summed E-state index contributed by atoms with van der Waals surface area (Å²) in [6, 6.07) is 12.8. The average Bonchev–Trinajstić information content (AvgIpc) is 3.16. The molecular weight excluding hydrogens is 412 g/mol. The summed E-state index contributed by atoms with van der Waals surface area (Å²) in [4.78, 5) is 14.4. The van der Waals surface area contributed by atoms with Gasteiger partial charge in [0.1, 0.15) is 0 Å². The molecule has 0 N–H and O–H groups in total. The lowest BCUT2D eigenvalue weighted by Crippen LogP contribution is -2.50. The molecule has 1 amide bonds. The maximum Gasteiger partial charge on any atom is 0.243 e. The van der Waals surface area contributed by atoms with Crippen molar-refractivity contribution in [3.05, 3.63) is 42.5 Å². The smallest absolute Gasteiger partial charge is 0.243 e. The summed E-state index contributed by atoms with van der Waals surface area (Å²) >= 11 is 1.26. The fourth-order valence-corrected chi connectivity index (χ4v) is 5.43. The molecule has 2 heterocycles. The number of carbonyl (C=O) groups excluding carboxylic acids is 1. The standard InChI is InChI=1S/C18H20N6O3S2/c1-22-18(19-20-21-22)28-13-17(25)23-8-10-24(11-9-23)29(26,27)16-7-6-14-4-2-3-5-15(14)12-16/h2-7,12H,8-11,13H2,1H3. The Morgan fingerprint density at radius 1 is 1.07 bits per heavy atom. The van der Waals surface area contributed by atoms with Crippen molar-refractivity contribution in [2.24, 2.45) is 7.05 Å². The number of hydrogen-bond acceptors (Lipinski definition) is 7. The summed E-state index contributed by atoms with van der Waals surface area (Å²) in [5.74, 6) is 0.159. The topological polar surface area (TPSA) is 101 Å². The molecule has 1 fully saturated rings. The third kappa shape index (κ3) is 4.11. The fourth-order valence-electron chi connectivity index (χ4n) is 3.22. The van der Waals surface area contributed by atoms with E-state index in [4.69, 9.17) is 0 Å². The SMILES string of the molecule is Cn1nnnc1SCC(=O)N1CCN(S(=O)(=O)c2ccc3ccccc3c2)CC1. The second-order valence-corrected chi connectivity index (χ2v) is 9.55. The monoisotopic (exact) mass is 432 g/mol. The van der Waals surface area contributed by atoms with Crippen LogP contribution < -0.4 is 0 Å². The third-order valence-electron chi connectivity index (χ3n) is 4.86. The van der Waals surface area contributed by atoms with E-state index in [1.54, 1.807) is 24.1 Å². The van der Waals surface area contributed by atoms with Crippen LogP contribution in [0.15, 0.2) is 52.5 Å². The number of carbonyl (C=O) groups is 1. The Labute approximate surface area is 172 Å². The van der Waals surface area contributed by atoms with Gasteiger partial charge < -0.3 is 4.90 Å². The van der Waals surface area contributed by atoms with Crippen LogP contribution in [0.3, 0.4) is 0 Å². The summed E-state index contributed by atoms with van der Waals surface area (Å²) in [5.41, 5.74) is 0. The summed E-state index contributed by atoms with van der Waals surface area (Å²) in [6.07, 6.45) is 0. The first-order chi connectivity index (χ1) is 13.9. The highest BCUT2D eigenvalue weighted by Gasteiger charge is 2.30. The van der Waals surface area contributed by atoms with E-state index >= 15 is 0 Å². The number of fused-ring (bicyclic) bond motifs is 1. The van der Waals surface area contributed by atoms with Gasteiger partial charge in [0, 0.05) is 33.2 Å². The van der Waals surface area contributed by atoms with Gasteiger partial charge in [-0.15, -0.1) is 5.10 Å². The van der Waals surface area contributed by atoms with Crippen LogP contribution in [0.1, 0.15) is 0 Å². The van der Waals surface area contributed by atoms with Crippen LogP contribution in [-0.4, -0.2) is 75.7 Å². The molecule has 3 aromatic rings. The molecule has 4 rings (SSSR count). The van der Waals surface area contributed by atoms with Gasteiger partial charge in [-0.05, 0) is 33.3 Å². The van der Waals surface area contributed by atoms with E-state index in [9.17, 15) is 13.2 Å². The fraction of sp³-hybridized carbons (Fsp3) is 0.333. The van der Waals surface area contributed by atoms with Gasteiger partial charge in [-0.1, -0.05) is 42.1 Å². The first-order valence-corrected chi connectivity index (χ1v) is 11.5. The zero-order chi connectivity index (χ0) is 20.4. The predicted molar refractivity (Wildman–Crippen MR) is 109 cm³/mol. The zero-order valence-electron chi connectivity index (χ0n) is 15.8. The van der Waals surface area contributed by atoms with Gasteiger partial charge in [0.25, 0.3) is 0 Å². The molecule has 1 aliphatic heterocycles. The van der Waals surface area contributed by atoms with Crippen LogP contribution >= 0.6 is 11.8 Å². The molecule has 2 aromatic carbocycles. The molecule has 0 radical (unpaired) electrons. The van der Waals surface area contributed by atoms with Gasteiger partial charge in [0.05, 0.1) is 10.6 Å². The Morgan fingerprint density at radius 2 is 1.79 bits per heavy atom. The molecule has 0 spiro atoms. The van der Waals surface area contributed by atoms with Crippen molar-refractivity contribution in [2.45, 2.75) is 10.1 Å². The molecule has 1 saturated heterocycles. The molecule has 0 atom stereocenters. The first kappa shape index (κ1) is 19.8. The maximum absolute atomic E-state index is 13.0. The van der Waals surface area contributed by atoms with Crippen molar-refractivity contribution in [1.82, 2.24) is 29.4 Å². The quantitative estimate of drug-likeness (QED) is 0.554. The lowest BCUT2D eigenvalue weighted by Gasteiger charge is -2.34. The Morgan fingerprint density at radius 3 is 2.48 bits per heavy atom. The second-order valence-electron chi connectivity index (χ2n) is 6.67. The van der Waals surface area contributed by atoms with Crippen molar-refractivity contribution < 1.29 is 13.2 Å². The normalized spacial score (nSPS) is 15.7. The van der Waals surface area contributed by atoms with Gasteiger partial charge in [0.2, 0.25) is 21.1 Å². The molecule has 11 heteroatoms. The van der Waals surface area contributed by atoms with E-state index in [2.05, 4.69) is 15.5 Å². The zero-order valence-corrected chi connectivity index (χ0v) is 17.4. The molecule has 0 unspecified atom stereocenters. The minimum absolute atomic E-state index is 0.0549. The number of nitrogens with zero attached hydrogens (tertiary/aromatic N) is 6. The molecule has 9 nitrogen and oxygen atoms in total. The highest BCUT2D eigenvalue weighted by Crippen LogP contribution is 2.23. The molecule has 1 aromatic heterocycles. The summed E-state index contributed by atoms with van der Waals surface area (Å²) in [5, 5.41) is 13.6. The number of amides is 1. The van der Waals surface area contributed by atoms with Crippen molar-refractivity contribution >= 4 is 38.5 Å². The highest BCUT2D eigenvalue weighted by atomic mass is 32.2. The van der Waals surface area contributed by atoms with Crippen LogP contribution in [0, 0.1) is 0 Å². The van der Waals surface area contributed by atoms with Gasteiger partial charge in [-0.3, -0.25) is 4.79 Å². The van der Waals surface area contributed by atoms with Crippen molar-refractivity contribution in [1.29, 1.82) is 0 Å². The van der Waals surface area contributed by atoms with Crippen LogP contribution in [0.2, 0.25) is 0 Å². The Hall–Kier alpha value is -2.50.